The number of rotatable bonds is 2. The summed E-state index contributed by atoms with van der Waals surface area (Å²) in [6.45, 7) is 1.49. The fourth-order valence-corrected chi connectivity index (χ4v) is 4.28. The number of carbonyl (C=O) groups excluding carboxylic acids is 1. The molecule has 2 aromatic carbocycles. The summed E-state index contributed by atoms with van der Waals surface area (Å²) >= 11 is 0. The highest BCUT2D eigenvalue weighted by atomic mass is 16.2. The van der Waals surface area contributed by atoms with Crippen molar-refractivity contribution in [1.82, 2.24) is 14.5 Å². The summed E-state index contributed by atoms with van der Waals surface area (Å²) in [5.74, 6) is 0.200. The maximum Gasteiger partial charge on any atom is 0.227 e. The van der Waals surface area contributed by atoms with Crippen LogP contribution in [0.15, 0.2) is 54.7 Å². The number of hydrogen-bond acceptors (Lipinski definition) is 1. The number of aromatic nitrogens is 2. The average Bonchev–Trinajstić information content (AvgIpc) is 3.22. The SMILES string of the molecule is Cn1c2c(c3ccccc31)CCN(C(=O)Cc1c[nH]c3ccccc13)C2. The van der Waals surface area contributed by atoms with Crippen LogP contribution in [0.1, 0.15) is 16.8 Å². The number of aryl methyl sites for hydroxylation is 1. The summed E-state index contributed by atoms with van der Waals surface area (Å²) < 4.78 is 2.25. The lowest BCUT2D eigenvalue weighted by molar-refractivity contribution is -0.131. The van der Waals surface area contributed by atoms with Crippen molar-refractivity contribution >= 4 is 27.7 Å². The molecule has 0 fully saturated rings. The Kier molecular flexibility index (Phi) is 3.38. The number of benzene rings is 2. The number of para-hydroxylation sites is 2. The van der Waals surface area contributed by atoms with Crippen molar-refractivity contribution in [2.45, 2.75) is 19.4 Å². The summed E-state index contributed by atoms with van der Waals surface area (Å²) in [6.07, 6.45) is 3.34. The molecular weight excluding hydrogens is 322 g/mol. The second-order valence-corrected chi connectivity index (χ2v) is 7.10. The molecule has 4 aromatic rings. The van der Waals surface area contributed by atoms with Crippen LogP contribution in [0.5, 0.6) is 0 Å². The topological polar surface area (TPSA) is 41.0 Å². The van der Waals surface area contributed by atoms with Crippen LogP contribution in [0.3, 0.4) is 0 Å². The molecular formula is C22H21N3O. The molecule has 2 aromatic heterocycles. The highest BCUT2D eigenvalue weighted by Crippen LogP contribution is 2.30. The van der Waals surface area contributed by atoms with Gasteiger partial charge < -0.3 is 14.5 Å². The van der Waals surface area contributed by atoms with Crippen molar-refractivity contribution in [3.05, 3.63) is 71.5 Å². The Labute approximate surface area is 152 Å². The first-order valence-corrected chi connectivity index (χ1v) is 9.10. The summed E-state index contributed by atoms with van der Waals surface area (Å²) in [4.78, 5) is 18.2. The zero-order chi connectivity index (χ0) is 17.7. The first-order chi connectivity index (χ1) is 12.7. The Bertz CT molecular complexity index is 1130. The van der Waals surface area contributed by atoms with Gasteiger partial charge in [0.1, 0.15) is 0 Å². The third-order valence-electron chi connectivity index (χ3n) is 5.69. The van der Waals surface area contributed by atoms with Gasteiger partial charge in [-0.2, -0.15) is 0 Å². The summed E-state index contributed by atoms with van der Waals surface area (Å²) in [7, 11) is 2.11. The average molecular weight is 343 g/mol. The standard InChI is InChI=1S/C22H21N3O/c1-24-20-9-5-3-7-17(20)18-10-11-25(14-21(18)24)22(26)12-15-13-23-19-8-4-2-6-16(15)19/h2-9,13,23H,10-12,14H2,1H3. The van der Waals surface area contributed by atoms with Gasteiger partial charge in [0.05, 0.1) is 13.0 Å². The minimum absolute atomic E-state index is 0.200. The molecule has 0 radical (unpaired) electrons. The number of nitrogens with zero attached hydrogens (tertiary/aromatic N) is 2. The van der Waals surface area contributed by atoms with Gasteiger partial charge in [-0.3, -0.25) is 4.79 Å². The van der Waals surface area contributed by atoms with Crippen molar-refractivity contribution in [1.29, 1.82) is 0 Å². The Morgan fingerprint density at radius 3 is 2.73 bits per heavy atom. The van der Waals surface area contributed by atoms with Gasteiger partial charge in [-0.1, -0.05) is 36.4 Å². The number of nitrogens with one attached hydrogen (secondary N) is 1. The maximum atomic E-state index is 12.9. The van der Waals surface area contributed by atoms with Gasteiger partial charge >= 0.3 is 0 Å². The van der Waals surface area contributed by atoms with E-state index in [2.05, 4.69) is 46.9 Å². The number of hydrogen-bond donors (Lipinski definition) is 1. The lowest BCUT2D eigenvalue weighted by atomic mass is 10.0. The number of fused-ring (bicyclic) bond motifs is 4. The third-order valence-corrected chi connectivity index (χ3v) is 5.69. The molecule has 0 aliphatic carbocycles. The van der Waals surface area contributed by atoms with Crippen LogP contribution in [0, 0.1) is 0 Å². The van der Waals surface area contributed by atoms with Crippen molar-refractivity contribution < 1.29 is 4.79 Å². The molecule has 1 N–H and O–H groups in total. The van der Waals surface area contributed by atoms with Gasteiger partial charge in [-0.25, -0.2) is 0 Å². The second-order valence-electron chi connectivity index (χ2n) is 7.10. The molecule has 0 spiro atoms. The van der Waals surface area contributed by atoms with Gasteiger partial charge in [0, 0.05) is 47.3 Å². The molecule has 1 aliphatic heterocycles. The Morgan fingerprint density at radius 1 is 1.08 bits per heavy atom. The molecule has 4 heteroatoms. The zero-order valence-electron chi connectivity index (χ0n) is 14.8. The van der Waals surface area contributed by atoms with Gasteiger partial charge in [0.15, 0.2) is 0 Å². The van der Waals surface area contributed by atoms with Gasteiger partial charge in [-0.05, 0) is 29.7 Å². The van der Waals surface area contributed by atoms with Gasteiger partial charge in [0.25, 0.3) is 0 Å². The molecule has 0 unspecified atom stereocenters. The van der Waals surface area contributed by atoms with E-state index in [4.69, 9.17) is 0 Å². The van der Waals surface area contributed by atoms with E-state index in [1.165, 1.54) is 22.2 Å². The van der Waals surface area contributed by atoms with E-state index >= 15 is 0 Å². The molecule has 130 valence electrons. The molecule has 0 bridgehead atoms. The van der Waals surface area contributed by atoms with E-state index in [1.807, 2.05) is 29.3 Å². The van der Waals surface area contributed by atoms with Crippen LogP contribution in [0.25, 0.3) is 21.8 Å². The third kappa shape index (κ3) is 2.25. The highest BCUT2D eigenvalue weighted by Gasteiger charge is 2.25. The number of carbonyl (C=O) groups is 1. The van der Waals surface area contributed by atoms with Crippen LogP contribution in [-0.4, -0.2) is 26.9 Å². The molecule has 4 nitrogen and oxygen atoms in total. The van der Waals surface area contributed by atoms with E-state index in [0.717, 1.165) is 29.4 Å². The number of amides is 1. The molecule has 0 atom stereocenters. The summed E-state index contributed by atoms with van der Waals surface area (Å²) in [5.41, 5.74) is 6.09. The minimum Gasteiger partial charge on any atom is -0.361 e. The Morgan fingerprint density at radius 2 is 1.85 bits per heavy atom. The first-order valence-electron chi connectivity index (χ1n) is 9.10. The minimum atomic E-state index is 0.200. The van der Waals surface area contributed by atoms with Crippen molar-refractivity contribution in [2.75, 3.05) is 6.54 Å². The van der Waals surface area contributed by atoms with Crippen LogP contribution in [0.2, 0.25) is 0 Å². The van der Waals surface area contributed by atoms with Crippen molar-refractivity contribution in [3.63, 3.8) is 0 Å². The number of aromatic amines is 1. The van der Waals surface area contributed by atoms with Crippen LogP contribution in [0.4, 0.5) is 0 Å². The summed E-state index contributed by atoms with van der Waals surface area (Å²) in [6, 6.07) is 16.7. The van der Waals surface area contributed by atoms with Crippen molar-refractivity contribution in [3.8, 4) is 0 Å². The van der Waals surface area contributed by atoms with Crippen LogP contribution in [-0.2, 0) is 31.2 Å². The van der Waals surface area contributed by atoms with Gasteiger partial charge in [-0.15, -0.1) is 0 Å². The second kappa shape index (κ2) is 5.77. The molecule has 3 heterocycles. The van der Waals surface area contributed by atoms with E-state index < -0.39 is 0 Å². The van der Waals surface area contributed by atoms with Crippen LogP contribution >= 0.6 is 0 Å². The molecule has 1 aliphatic rings. The van der Waals surface area contributed by atoms with Crippen LogP contribution < -0.4 is 0 Å². The Hall–Kier alpha value is -3.01. The lowest BCUT2D eigenvalue weighted by Crippen LogP contribution is -2.37. The quantitative estimate of drug-likeness (QED) is 0.591. The Balaban J connectivity index is 1.43. The molecule has 26 heavy (non-hydrogen) atoms. The van der Waals surface area contributed by atoms with E-state index in [-0.39, 0.29) is 5.91 Å². The number of H-pyrrole nitrogens is 1. The monoisotopic (exact) mass is 343 g/mol. The lowest BCUT2D eigenvalue weighted by Gasteiger charge is -2.28. The highest BCUT2D eigenvalue weighted by molar-refractivity contribution is 5.90. The molecule has 0 saturated carbocycles. The van der Waals surface area contributed by atoms with Crippen molar-refractivity contribution in [2.24, 2.45) is 7.05 Å². The largest absolute Gasteiger partial charge is 0.361 e. The van der Waals surface area contributed by atoms with Gasteiger partial charge in [0.2, 0.25) is 5.91 Å². The van der Waals surface area contributed by atoms with E-state index in [1.54, 1.807) is 0 Å². The zero-order valence-corrected chi connectivity index (χ0v) is 14.8. The smallest absolute Gasteiger partial charge is 0.227 e. The molecule has 0 saturated heterocycles. The fourth-order valence-electron chi connectivity index (χ4n) is 4.28. The first kappa shape index (κ1) is 15.3. The summed E-state index contributed by atoms with van der Waals surface area (Å²) in [5, 5.41) is 2.47. The normalized spacial score (nSPS) is 14.1. The predicted octanol–water partition coefficient (Wildman–Crippen LogP) is 3.79. The molecule has 5 rings (SSSR count). The molecule has 1 amide bonds. The maximum absolute atomic E-state index is 12.9. The predicted molar refractivity (Wildman–Crippen MR) is 104 cm³/mol. The van der Waals surface area contributed by atoms with E-state index in [0.29, 0.717) is 13.0 Å². The fraction of sp³-hybridized carbons (Fsp3) is 0.227. The van der Waals surface area contributed by atoms with E-state index in [9.17, 15) is 4.79 Å².